The fourth-order valence-electron chi connectivity index (χ4n) is 2.70. The van der Waals surface area contributed by atoms with Crippen molar-refractivity contribution in [2.24, 2.45) is 0 Å². The van der Waals surface area contributed by atoms with Crippen LogP contribution in [0.2, 0.25) is 0 Å². The van der Waals surface area contributed by atoms with Gasteiger partial charge in [-0.25, -0.2) is 9.78 Å². The van der Waals surface area contributed by atoms with E-state index >= 15 is 0 Å². The van der Waals surface area contributed by atoms with Crippen molar-refractivity contribution in [3.63, 3.8) is 0 Å². The van der Waals surface area contributed by atoms with Crippen LogP contribution in [0.1, 0.15) is 38.7 Å². The van der Waals surface area contributed by atoms with Gasteiger partial charge in [0.1, 0.15) is 5.82 Å². The number of urea groups is 1. The Bertz CT molecular complexity index is 430. The minimum atomic E-state index is 0.131. The van der Waals surface area contributed by atoms with Gasteiger partial charge in [-0.05, 0) is 37.8 Å². The van der Waals surface area contributed by atoms with E-state index in [2.05, 4.69) is 4.98 Å². The van der Waals surface area contributed by atoms with Crippen molar-refractivity contribution >= 4 is 11.8 Å². The second-order valence-electron chi connectivity index (χ2n) is 4.93. The Balaban J connectivity index is 0.000000637. The average Bonchev–Trinajstić information content (AvgIpc) is 2.80. The molecule has 1 unspecified atom stereocenters. The second-order valence-corrected chi connectivity index (χ2v) is 4.93. The molecule has 2 aliphatic rings. The van der Waals surface area contributed by atoms with Crippen molar-refractivity contribution in [2.45, 2.75) is 46.1 Å². The number of aryl methyl sites for hydroxylation is 1. The fraction of sp³-hybridized carbons (Fsp3) is 0.600. The smallest absolute Gasteiger partial charge is 0.320 e. The fourth-order valence-corrected chi connectivity index (χ4v) is 2.70. The van der Waals surface area contributed by atoms with Crippen LogP contribution in [-0.4, -0.2) is 35.0 Å². The molecule has 0 saturated carbocycles. The maximum absolute atomic E-state index is 12.2. The van der Waals surface area contributed by atoms with E-state index in [1.807, 2.05) is 48.9 Å². The lowest BCUT2D eigenvalue weighted by Crippen LogP contribution is -2.38. The van der Waals surface area contributed by atoms with Crippen molar-refractivity contribution < 1.29 is 4.79 Å². The highest BCUT2D eigenvalue weighted by atomic mass is 16.2. The summed E-state index contributed by atoms with van der Waals surface area (Å²) in [4.78, 5) is 20.4. The number of amides is 2. The molecule has 0 radical (unpaired) electrons. The van der Waals surface area contributed by atoms with Gasteiger partial charge in [0.2, 0.25) is 0 Å². The predicted molar refractivity (Wildman–Crippen MR) is 77.4 cm³/mol. The number of hydrogen-bond acceptors (Lipinski definition) is 2. The zero-order chi connectivity index (χ0) is 13.8. The molecular weight excluding hydrogens is 238 g/mol. The van der Waals surface area contributed by atoms with E-state index in [1.54, 1.807) is 0 Å². The lowest BCUT2D eigenvalue weighted by molar-refractivity contribution is 0.187. The summed E-state index contributed by atoms with van der Waals surface area (Å²) in [6.45, 7) is 7.71. The molecule has 0 aromatic carbocycles. The van der Waals surface area contributed by atoms with Crippen LogP contribution >= 0.6 is 0 Å². The van der Waals surface area contributed by atoms with E-state index in [0.29, 0.717) is 6.04 Å². The standard InChI is InChI=1S/C13H17N3O.C2H6/c1-10-5-6-12(14-8-10)16-9-11-4-2-3-7-15(11)13(16)17;1-2/h5-6,8,11H,2-4,7,9H2,1H3;1-2H3. The normalized spacial score (nSPS) is 21.8. The number of piperidine rings is 1. The van der Waals surface area contributed by atoms with Gasteiger partial charge in [-0.2, -0.15) is 0 Å². The Morgan fingerprint density at radius 2 is 2.05 bits per heavy atom. The highest BCUT2D eigenvalue weighted by Gasteiger charge is 2.39. The first-order valence-corrected chi connectivity index (χ1v) is 7.26. The van der Waals surface area contributed by atoms with Gasteiger partial charge >= 0.3 is 6.03 Å². The number of carbonyl (C=O) groups excluding carboxylic acids is 1. The molecule has 3 heterocycles. The summed E-state index contributed by atoms with van der Waals surface area (Å²) in [5.41, 5.74) is 1.12. The molecule has 4 heteroatoms. The molecule has 4 nitrogen and oxygen atoms in total. The largest absolute Gasteiger partial charge is 0.326 e. The minimum Gasteiger partial charge on any atom is -0.320 e. The lowest BCUT2D eigenvalue weighted by Gasteiger charge is -2.27. The summed E-state index contributed by atoms with van der Waals surface area (Å²) in [5.74, 6) is 0.787. The van der Waals surface area contributed by atoms with Gasteiger partial charge in [0, 0.05) is 19.3 Å². The van der Waals surface area contributed by atoms with Crippen molar-refractivity contribution in [2.75, 3.05) is 18.0 Å². The first kappa shape index (κ1) is 13.8. The second kappa shape index (κ2) is 6.04. The summed E-state index contributed by atoms with van der Waals surface area (Å²) < 4.78 is 0. The van der Waals surface area contributed by atoms with Crippen molar-refractivity contribution in [3.8, 4) is 0 Å². The Kier molecular flexibility index (Phi) is 4.40. The first-order chi connectivity index (χ1) is 9.25. The molecule has 2 fully saturated rings. The molecule has 2 aliphatic heterocycles. The molecule has 0 N–H and O–H groups in total. The highest BCUT2D eigenvalue weighted by Crippen LogP contribution is 2.28. The Morgan fingerprint density at radius 1 is 1.26 bits per heavy atom. The number of pyridine rings is 1. The number of rotatable bonds is 1. The third-order valence-electron chi connectivity index (χ3n) is 3.67. The molecule has 1 aromatic rings. The maximum Gasteiger partial charge on any atom is 0.326 e. The molecule has 19 heavy (non-hydrogen) atoms. The first-order valence-electron chi connectivity index (χ1n) is 7.26. The van der Waals surface area contributed by atoms with E-state index in [1.165, 1.54) is 6.42 Å². The highest BCUT2D eigenvalue weighted by molar-refractivity contribution is 5.93. The van der Waals surface area contributed by atoms with Gasteiger partial charge in [0.15, 0.2) is 0 Å². The average molecular weight is 261 g/mol. The summed E-state index contributed by atoms with van der Waals surface area (Å²) >= 11 is 0. The Hall–Kier alpha value is -1.58. The zero-order valence-electron chi connectivity index (χ0n) is 12.1. The third kappa shape index (κ3) is 2.72. The summed E-state index contributed by atoms with van der Waals surface area (Å²) in [5, 5.41) is 0. The Morgan fingerprint density at radius 3 is 2.68 bits per heavy atom. The van der Waals surface area contributed by atoms with E-state index in [-0.39, 0.29) is 6.03 Å². The number of anilines is 1. The van der Waals surface area contributed by atoms with Crippen LogP contribution in [0.15, 0.2) is 18.3 Å². The number of carbonyl (C=O) groups is 1. The van der Waals surface area contributed by atoms with Gasteiger partial charge in [0.25, 0.3) is 0 Å². The van der Waals surface area contributed by atoms with E-state index in [9.17, 15) is 4.79 Å². The summed E-state index contributed by atoms with van der Waals surface area (Å²) in [6.07, 6.45) is 5.33. The number of hydrogen-bond donors (Lipinski definition) is 0. The van der Waals surface area contributed by atoms with Gasteiger partial charge in [-0.1, -0.05) is 19.9 Å². The zero-order valence-corrected chi connectivity index (χ0v) is 12.1. The summed E-state index contributed by atoms with van der Waals surface area (Å²) in [6, 6.07) is 4.48. The molecule has 0 bridgehead atoms. The molecule has 0 aliphatic carbocycles. The van der Waals surface area contributed by atoms with Gasteiger partial charge in [-0.15, -0.1) is 0 Å². The molecule has 1 aromatic heterocycles. The molecule has 0 spiro atoms. The minimum absolute atomic E-state index is 0.131. The Labute approximate surface area is 115 Å². The van der Waals surface area contributed by atoms with Gasteiger partial charge in [-0.3, -0.25) is 4.90 Å². The van der Waals surface area contributed by atoms with Gasteiger partial charge in [0.05, 0.1) is 6.04 Å². The van der Waals surface area contributed by atoms with Crippen molar-refractivity contribution in [1.29, 1.82) is 0 Å². The van der Waals surface area contributed by atoms with Crippen LogP contribution in [0.3, 0.4) is 0 Å². The predicted octanol–water partition coefficient (Wildman–Crippen LogP) is 3.21. The van der Waals surface area contributed by atoms with Crippen LogP contribution < -0.4 is 4.90 Å². The van der Waals surface area contributed by atoms with Crippen molar-refractivity contribution in [1.82, 2.24) is 9.88 Å². The van der Waals surface area contributed by atoms with E-state index in [0.717, 1.165) is 37.3 Å². The van der Waals surface area contributed by atoms with Crippen LogP contribution in [0, 0.1) is 6.92 Å². The quantitative estimate of drug-likeness (QED) is 0.778. The number of aromatic nitrogens is 1. The van der Waals surface area contributed by atoms with E-state index in [4.69, 9.17) is 0 Å². The molecule has 2 saturated heterocycles. The number of nitrogens with zero attached hydrogens (tertiary/aromatic N) is 3. The molecule has 104 valence electrons. The third-order valence-corrected chi connectivity index (χ3v) is 3.67. The van der Waals surface area contributed by atoms with Crippen LogP contribution in [0.25, 0.3) is 0 Å². The summed E-state index contributed by atoms with van der Waals surface area (Å²) in [7, 11) is 0. The number of fused-ring (bicyclic) bond motifs is 1. The molecule has 2 amide bonds. The van der Waals surface area contributed by atoms with Crippen molar-refractivity contribution in [3.05, 3.63) is 23.9 Å². The lowest BCUT2D eigenvalue weighted by atomic mass is 10.0. The monoisotopic (exact) mass is 261 g/mol. The van der Waals surface area contributed by atoms with Crippen LogP contribution in [0.5, 0.6) is 0 Å². The van der Waals surface area contributed by atoms with Crippen LogP contribution in [0.4, 0.5) is 10.6 Å². The maximum atomic E-state index is 12.2. The van der Waals surface area contributed by atoms with Crippen LogP contribution in [-0.2, 0) is 0 Å². The molecule has 3 rings (SSSR count). The van der Waals surface area contributed by atoms with E-state index < -0.39 is 0 Å². The SMILES string of the molecule is CC.Cc1ccc(N2CC3CCCCN3C2=O)nc1. The topological polar surface area (TPSA) is 36.4 Å². The van der Waals surface area contributed by atoms with Gasteiger partial charge < -0.3 is 4.90 Å². The molecule has 1 atom stereocenters. The molecular formula is C15H23N3O.